The molecule has 308 valence electrons. The minimum Gasteiger partial charge on any atom is -0.506 e. The van der Waals surface area contributed by atoms with Crippen molar-refractivity contribution in [1.82, 2.24) is 0 Å². The van der Waals surface area contributed by atoms with Crippen LogP contribution in [0.25, 0.3) is 98.4 Å². The Bertz CT molecular complexity index is 3630. The number of hydrogen-bond acceptors (Lipinski definition) is 16. The van der Waals surface area contributed by atoms with Crippen LogP contribution in [0.1, 0.15) is 0 Å². The molecule has 1 heterocycles. The van der Waals surface area contributed by atoms with Crippen molar-refractivity contribution in [2.75, 3.05) is 0 Å². The van der Waals surface area contributed by atoms with Gasteiger partial charge in [-0.3, -0.25) is 0 Å². The highest BCUT2D eigenvalue weighted by Gasteiger charge is 2.35. The zero-order valence-electron chi connectivity index (χ0n) is 31.1. The highest BCUT2D eigenvalue weighted by Crippen LogP contribution is 2.64. The summed E-state index contributed by atoms with van der Waals surface area (Å²) in [6, 6.07) is 20.6. The van der Waals surface area contributed by atoms with Gasteiger partial charge in [-0.15, -0.1) is 0 Å². The standard InChI is InChI=1S/C46H28O16/c47-30-19(14-8-2-1-3-9-14)22-25(35(52)41(58)40(57)34(22)51)31(48)23(30)20-15-10-4-6-12-17(15)21(18-13-7-5-11-16(18)20)24-32(49)29-28-33(50)26-27(37(54)43(60)42(59)36(26)53)39(56)45(28)62-46(29)44(61)38(24)55/h1-13,47-61H. The molecule has 10 rings (SSSR count). The van der Waals surface area contributed by atoms with Gasteiger partial charge in [-0.25, -0.2) is 0 Å². The number of rotatable bonds is 3. The fraction of sp³-hybridized carbons (Fsp3) is 0. The summed E-state index contributed by atoms with van der Waals surface area (Å²) >= 11 is 0. The molecule has 10 aromatic rings. The first kappa shape index (κ1) is 37.1. The molecule has 0 fully saturated rings. The topological polar surface area (TPSA) is 317 Å². The van der Waals surface area contributed by atoms with Crippen LogP contribution in [0.3, 0.4) is 0 Å². The van der Waals surface area contributed by atoms with E-state index in [1.807, 2.05) is 0 Å². The van der Waals surface area contributed by atoms with Gasteiger partial charge in [-0.2, -0.15) is 0 Å². The molecule has 16 heteroatoms. The van der Waals surface area contributed by atoms with Crippen LogP contribution in [-0.4, -0.2) is 76.6 Å². The SMILES string of the molecule is Oc1c(-c2c3ccccc3c(-c3c(O)c(-c4ccccc4)c4c(O)c(O)c(O)c(O)c4c3O)c3ccccc23)c(O)c2c(oc3c(O)c4c(O)c(O)c(O)c(O)c4c(O)c32)c1O. The molecule has 0 saturated heterocycles. The number of phenols is 15. The molecule has 0 unspecified atom stereocenters. The van der Waals surface area contributed by atoms with E-state index in [0.29, 0.717) is 0 Å². The third kappa shape index (κ3) is 4.43. The average Bonchev–Trinajstić information content (AvgIpc) is 3.69. The molecule has 62 heavy (non-hydrogen) atoms. The van der Waals surface area contributed by atoms with E-state index in [2.05, 4.69) is 0 Å². The van der Waals surface area contributed by atoms with Crippen LogP contribution in [0.4, 0.5) is 0 Å². The maximum absolute atomic E-state index is 12.3. The second kappa shape index (κ2) is 12.4. The van der Waals surface area contributed by atoms with E-state index in [1.54, 1.807) is 78.9 Å². The van der Waals surface area contributed by atoms with E-state index in [9.17, 15) is 76.6 Å². The molecule has 16 nitrogen and oxygen atoms in total. The first-order valence-electron chi connectivity index (χ1n) is 18.3. The Morgan fingerprint density at radius 3 is 1.06 bits per heavy atom. The Balaban J connectivity index is 1.39. The van der Waals surface area contributed by atoms with Gasteiger partial charge in [0.05, 0.1) is 38.1 Å². The normalized spacial score (nSPS) is 11.9. The third-order valence-corrected chi connectivity index (χ3v) is 11.5. The Morgan fingerprint density at radius 2 is 0.581 bits per heavy atom. The maximum Gasteiger partial charge on any atom is 0.205 e. The van der Waals surface area contributed by atoms with Crippen molar-refractivity contribution in [3.05, 3.63) is 78.9 Å². The lowest BCUT2D eigenvalue weighted by molar-refractivity contribution is 0.349. The second-order valence-electron chi connectivity index (χ2n) is 14.6. The summed E-state index contributed by atoms with van der Waals surface area (Å²) in [4.78, 5) is 0. The summed E-state index contributed by atoms with van der Waals surface area (Å²) in [6.07, 6.45) is 0. The summed E-state index contributed by atoms with van der Waals surface area (Å²) in [7, 11) is 0. The van der Waals surface area contributed by atoms with Crippen molar-refractivity contribution in [1.29, 1.82) is 0 Å². The van der Waals surface area contributed by atoms with Crippen molar-refractivity contribution in [2.45, 2.75) is 0 Å². The molecule has 0 aliphatic heterocycles. The van der Waals surface area contributed by atoms with E-state index in [-0.39, 0.29) is 49.4 Å². The van der Waals surface area contributed by atoms with Gasteiger partial charge >= 0.3 is 0 Å². The zero-order chi connectivity index (χ0) is 44.0. The van der Waals surface area contributed by atoms with Crippen LogP contribution in [0.2, 0.25) is 0 Å². The maximum atomic E-state index is 12.3. The number of phenolic OH excluding ortho intramolecular Hbond substituents is 15. The molecule has 0 spiro atoms. The number of fused-ring (bicyclic) bond motifs is 7. The Labute approximate surface area is 343 Å². The lowest BCUT2D eigenvalue weighted by atomic mass is 9.82. The van der Waals surface area contributed by atoms with Crippen molar-refractivity contribution >= 4 is 65.0 Å². The number of aromatic hydroxyl groups is 15. The molecule has 0 aliphatic carbocycles. The molecular weight excluding hydrogens is 808 g/mol. The molecule has 0 radical (unpaired) electrons. The predicted octanol–water partition coefficient (Wildman–Crippen LogP) is 8.78. The van der Waals surface area contributed by atoms with Gasteiger partial charge in [0.15, 0.2) is 45.7 Å². The van der Waals surface area contributed by atoms with E-state index >= 15 is 0 Å². The first-order valence-corrected chi connectivity index (χ1v) is 18.3. The lowest BCUT2D eigenvalue weighted by Gasteiger charge is -2.23. The molecule has 9 aromatic carbocycles. The smallest absolute Gasteiger partial charge is 0.205 e. The molecule has 1 aromatic heterocycles. The third-order valence-electron chi connectivity index (χ3n) is 11.5. The van der Waals surface area contributed by atoms with Crippen LogP contribution in [-0.2, 0) is 0 Å². The lowest BCUT2D eigenvalue weighted by Crippen LogP contribution is -1.95. The number of furan rings is 1. The molecule has 0 bridgehead atoms. The zero-order valence-corrected chi connectivity index (χ0v) is 31.1. The van der Waals surface area contributed by atoms with E-state index < -0.39 is 135 Å². The van der Waals surface area contributed by atoms with Gasteiger partial charge in [-0.05, 0) is 27.1 Å². The van der Waals surface area contributed by atoms with Crippen molar-refractivity contribution in [2.24, 2.45) is 0 Å². The average molecular weight is 837 g/mol. The van der Waals surface area contributed by atoms with E-state index in [4.69, 9.17) is 4.42 Å². The quantitative estimate of drug-likeness (QED) is 0.0449. The second-order valence-corrected chi connectivity index (χ2v) is 14.6. The van der Waals surface area contributed by atoms with Crippen molar-refractivity contribution in [3.63, 3.8) is 0 Å². The molecule has 0 amide bonds. The Hall–Kier alpha value is -9.18. The van der Waals surface area contributed by atoms with Crippen LogP contribution in [0.15, 0.2) is 83.3 Å². The first-order chi connectivity index (χ1) is 29.6. The Kier molecular flexibility index (Phi) is 7.43. The van der Waals surface area contributed by atoms with Gasteiger partial charge < -0.3 is 81.0 Å². The van der Waals surface area contributed by atoms with Gasteiger partial charge in [-0.1, -0.05) is 78.9 Å². The van der Waals surface area contributed by atoms with Gasteiger partial charge in [0.1, 0.15) is 23.0 Å². The van der Waals surface area contributed by atoms with E-state index in [1.165, 1.54) is 0 Å². The van der Waals surface area contributed by atoms with Crippen LogP contribution in [0.5, 0.6) is 86.2 Å². The number of hydrogen-bond donors (Lipinski definition) is 15. The molecule has 0 saturated carbocycles. The van der Waals surface area contributed by atoms with Crippen molar-refractivity contribution < 1.29 is 81.0 Å². The van der Waals surface area contributed by atoms with Crippen LogP contribution in [0, 0.1) is 0 Å². The predicted molar refractivity (Wildman–Crippen MR) is 225 cm³/mol. The van der Waals surface area contributed by atoms with Crippen LogP contribution < -0.4 is 0 Å². The largest absolute Gasteiger partial charge is 0.506 e. The number of benzene rings is 9. The monoisotopic (exact) mass is 836 g/mol. The highest BCUT2D eigenvalue weighted by molar-refractivity contribution is 6.29. The summed E-state index contributed by atoms with van der Waals surface area (Å²) in [5.74, 6) is -15.5. The molecular formula is C46H28O16. The fourth-order valence-electron chi connectivity index (χ4n) is 8.76. The summed E-state index contributed by atoms with van der Waals surface area (Å²) in [5, 5.41) is 166. The summed E-state index contributed by atoms with van der Waals surface area (Å²) in [6.45, 7) is 0. The molecule has 0 aliphatic rings. The fourth-order valence-corrected chi connectivity index (χ4v) is 8.76. The van der Waals surface area contributed by atoms with Gasteiger partial charge in [0.25, 0.3) is 0 Å². The minimum absolute atomic E-state index is 0.0140. The highest BCUT2D eigenvalue weighted by atomic mass is 16.4. The van der Waals surface area contributed by atoms with Gasteiger partial charge in [0, 0.05) is 22.1 Å². The minimum atomic E-state index is -1.26. The molecule has 0 atom stereocenters. The summed E-state index contributed by atoms with van der Waals surface area (Å²) < 4.78 is 5.67. The van der Waals surface area contributed by atoms with Crippen molar-refractivity contribution in [3.8, 4) is 120 Å². The summed E-state index contributed by atoms with van der Waals surface area (Å²) in [5.41, 5.74) is -1.99. The van der Waals surface area contributed by atoms with Gasteiger partial charge in [0.2, 0.25) is 28.7 Å². The Morgan fingerprint density at radius 1 is 0.226 bits per heavy atom. The molecule has 15 N–H and O–H groups in total. The van der Waals surface area contributed by atoms with E-state index in [0.717, 1.165) is 0 Å². The van der Waals surface area contributed by atoms with Crippen LogP contribution >= 0.6 is 0 Å².